The van der Waals surface area contributed by atoms with Crippen LogP contribution < -0.4 is 0 Å². The minimum absolute atomic E-state index is 0.356. The monoisotopic (exact) mass is 198 g/mol. The summed E-state index contributed by atoms with van der Waals surface area (Å²) in [5.74, 6) is 0. The van der Waals surface area contributed by atoms with Crippen LogP contribution in [0.4, 0.5) is 0 Å². The molecule has 0 bridgehead atoms. The van der Waals surface area contributed by atoms with Crippen LogP contribution in [0.3, 0.4) is 0 Å². The molecule has 0 amide bonds. The Morgan fingerprint density at radius 3 is 2.17 bits per heavy atom. The van der Waals surface area contributed by atoms with Crippen molar-refractivity contribution in [1.82, 2.24) is 0 Å². The lowest BCUT2D eigenvalue weighted by Crippen LogP contribution is -1.95. The van der Waals surface area contributed by atoms with Gasteiger partial charge in [-0.25, -0.2) is 0 Å². The van der Waals surface area contributed by atoms with Crippen molar-refractivity contribution >= 4 is 22.6 Å². The van der Waals surface area contributed by atoms with Crippen LogP contribution in [0, 0.1) is 0 Å². The zero-order valence-electron chi connectivity index (χ0n) is 3.61. The van der Waals surface area contributed by atoms with Gasteiger partial charge in [-0.2, -0.15) is 0 Å². The van der Waals surface area contributed by atoms with Crippen LogP contribution >= 0.6 is 22.6 Å². The topological polar surface area (TPSA) is 20.2 Å². The van der Waals surface area contributed by atoms with Crippen molar-refractivity contribution in [3.8, 4) is 0 Å². The smallest absolute Gasteiger partial charge is 0.0812 e. The average Bonchev–Trinajstić information content (AvgIpc) is 1.36. The highest BCUT2D eigenvalue weighted by molar-refractivity contribution is 14.1. The highest BCUT2D eigenvalue weighted by atomic mass is 127. The molecule has 0 fully saturated rings. The van der Waals surface area contributed by atoms with Gasteiger partial charge >= 0.3 is 0 Å². The lowest BCUT2D eigenvalue weighted by molar-refractivity contribution is 0.243. The molecule has 0 aromatic carbocycles. The zero-order valence-corrected chi connectivity index (χ0v) is 5.77. The molecule has 0 aliphatic heterocycles. The third kappa shape index (κ3) is 2.66. The van der Waals surface area contributed by atoms with Gasteiger partial charge in [-0.05, 0) is 29.5 Å². The van der Waals surface area contributed by atoms with E-state index in [1.165, 1.54) is 0 Å². The van der Waals surface area contributed by atoms with Gasteiger partial charge in [0.2, 0.25) is 0 Å². The van der Waals surface area contributed by atoms with Gasteiger partial charge in [0, 0.05) is 3.58 Å². The SMILES string of the molecule is C=C(I)C(C)O. The van der Waals surface area contributed by atoms with Crippen molar-refractivity contribution < 1.29 is 5.11 Å². The van der Waals surface area contributed by atoms with E-state index < -0.39 is 0 Å². The summed E-state index contributed by atoms with van der Waals surface area (Å²) >= 11 is 1.99. The van der Waals surface area contributed by atoms with Gasteiger partial charge in [0.05, 0.1) is 6.10 Å². The maximum Gasteiger partial charge on any atom is 0.0812 e. The summed E-state index contributed by atoms with van der Waals surface area (Å²) in [6.45, 7) is 5.18. The van der Waals surface area contributed by atoms with Gasteiger partial charge in [-0.1, -0.05) is 6.58 Å². The summed E-state index contributed by atoms with van der Waals surface area (Å²) in [5.41, 5.74) is 0. The van der Waals surface area contributed by atoms with Crippen molar-refractivity contribution in [2.45, 2.75) is 13.0 Å². The Labute approximate surface area is 51.2 Å². The second kappa shape index (κ2) is 2.58. The van der Waals surface area contributed by atoms with Gasteiger partial charge in [0.15, 0.2) is 0 Å². The first-order valence-corrected chi connectivity index (χ1v) is 2.75. The number of halogens is 1. The number of aliphatic hydroxyl groups excluding tert-OH is 1. The van der Waals surface area contributed by atoms with Crippen LogP contribution in [-0.4, -0.2) is 11.2 Å². The van der Waals surface area contributed by atoms with E-state index in [2.05, 4.69) is 6.58 Å². The normalized spacial score (nSPS) is 13.8. The first-order chi connectivity index (χ1) is 2.64. The first-order valence-electron chi connectivity index (χ1n) is 1.67. The molecule has 1 nitrogen and oxygen atoms in total. The number of hydrogen-bond donors (Lipinski definition) is 1. The molecule has 0 aromatic heterocycles. The lowest BCUT2D eigenvalue weighted by atomic mass is 10.4. The molecule has 0 spiro atoms. The van der Waals surface area contributed by atoms with E-state index in [9.17, 15) is 0 Å². The first kappa shape index (κ1) is 6.43. The van der Waals surface area contributed by atoms with Crippen molar-refractivity contribution in [3.05, 3.63) is 10.2 Å². The Morgan fingerprint density at radius 1 is 2.00 bits per heavy atom. The molecule has 0 aliphatic carbocycles. The maximum atomic E-state index is 8.52. The van der Waals surface area contributed by atoms with Crippen molar-refractivity contribution in [2.75, 3.05) is 0 Å². The molecule has 0 aliphatic rings. The standard InChI is InChI=1S/C4H7IO/c1-3(5)4(2)6/h4,6H,1H2,2H3. The molecular formula is C4H7IO. The summed E-state index contributed by atoms with van der Waals surface area (Å²) < 4.78 is 0.785. The molecule has 1 unspecified atom stereocenters. The molecule has 0 aromatic rings. The molecule has 1 atom stereocenters. The second-order valence-electron chi connectivity index (χ2n) is 1.12. The summed E-state index contributed by atoms with van der Waals surface area (Å²) in [6, 6.07) is 0. The second-order valence-corrected chi connectivity index (χ2v) is 2.51. The van der Waals surface area contributed by atoms with Crippen molar-refractivity contribution in [2.24, 2.45) is 0 Å². The fourth-order valence-electron chi connectivity index (χ4n) is 0. The lowest BCUT2D eigenvalue weighted by Gasteiger charge is -1.94. The van der Waals surface area contributed by atoms with Crippen LogP contribution in [0.15, 0.2) is 10.2 Å². The summed E-state index contributed by atoms with van der Waals surface area (Å²) in [7, 11) is 0. The quantitative estimate of drug-likeness (QED) is 0.630. The molecule has 6 heavy (non-hydrogen) atoms. The van der Waals surface area contributed by atoms with Crippen LogP contribution in [0.5, 0.6) is 0 Å². The molecule has 0 heterocycles. The Hall–Kier alpha value is 0.430. The minimum Gasteiger partial charge on any atom is -0.388 e. The Balaban J connectivity index is 3.26. The average molecular weight is 198 g/mol. The predicted octanol–water partition coefficient (Wildman–Crippen LogP) is 1.32. The fourth-order valence-corrected chi connectivity index (χ4v) is 0. The summed E-state index contributed by atoms with van der Waals surface area (Å²) in [6.07, 6.45) is -0.356. The van der Waals surface area contributed by atoms with Crippen LogP contribution in [0.1, 0.15) is 6.92 Å². The van der Waals surface area contributed by atoms with Gasteiger partial charge in [-0.15, -0.1) is 0 Å². The van der Waals surface area contributed by atoms with E-state index in [-0.39, 0.29) is 6.10 Å². The number of rotatable bonds is 1. The van der Waals surface area contributed by atoms with Gasteiger partial charge in [0.1, 0.15) is 0 Å². The third-order valence-electron chi connectivity index (χ3n) is 0.453. The third-order valence-corrected chi connectivity index (χ3v) is 1.35. The van der Waals surface area contributed by atoms with E-state index in [1.54, 1.807) is 6.92 Å². The molecule has 2 heteroatoms. The zero-order chi connectivity index (χ0) is 5.15. The Morgan fingerprint density at radius 2 is 2.17 bits per heavy atom. The molecule has 1 N–H and O–H groups in total. The van der Waals surface area contributed by atoms with Crippen LogP contribution in [-0.2, 0) is 0 Å². The molecule has 36 valence electrons. The van der Waals surface area contributed by atoms with Gasteiger partial charge in [-0.3, -0.25) is 0 Å². The molecular weight excluding hydrogens is 191 g/mol. The molecule has 0 saturated heterocycles. The van der Waals surface area contributed by atoms with Crippen LogP contribution in [0.2, 0.25) is 0 Å². The van der Waals surface area contributed by atoms with E-state index in [0.29, 0.717) is 0 Å². The highest BCUT2D eigenvalue weighted by Crippen LogP contribution is 2.05. The van der Waals surface area contributed by atoms with Gasteiger partial charge < -0.3 is 5.11 Å². The number of aliphatic hydroxyl groups is 1. The van der Waals surface area contributed by atoms with E-state index >= 15 is 0 Å². The molecule has 0 rings (SSSR count). The largest absolute Gasteiger partial charge is 0.388 e. The van der Waals surface area contributed by atoms with Crippen LogP contribution in [0.25, 0.3) is 0 Å². The fraction of sp³-hybridized carbons (Fsp3) is 0.500. The van der Waals surface area contributed by atoms with E-state index in [1.807, 2.05) is 22.6 Å². The Kier molecular flexibility index (Phi) is 2.76. The summed E-state index contributed by atoms with van der Waals surface area (Å²) in [4.78, 5) is 0. The maximum absolute atomic E-state index is 8.52. The van der Waals surface area contributed by atoms with E-state index in [4.69, 9.17) is 5.11 Å². The van der Waals surface area contributed by atoms with Crippen molar-refractivity contribution in [1.29, 1.82) is 0 Å². The van der Waals surface area contributed by atoms with Crippen molar-refractivity contribution in [3.63, 3.8) is 0 Å². The van der Waals surface area contributed by atoms with Gasteiger partial charge in [0.25, 0.3) is 0 Å². The summed E-state index contributed by atoms with van der Waals surface area (Å²) in [5, 5.41) is 8.52. The highest BCUT2D eigenvalue weighted by Gasteiger charge is 1.91. The Bertz CT molecular complexity index is 58.6. The predicted molar refractivity (Wildman–Crippen MR) is 34.8 cm³/mol. The molecule has 0 radical (unpaired) electrons. The number of hydrogen-bond acceptors (Lipinski definition) is 1. The van der Waals surface area contributed by atoms with E-state index in [0.717, 1.165) is 3.58 Å². The minimum atomic E-state index is -0.356. The molecule has 0 saturated carbocycles.